The first-order valence-corrected chi connectivity index (χ1v) is 5.91. The lowest BCUT2D eigenvalue weighted by Gasteiger charge is -2.38. The van der Waals surface area contributed by atoms with Crippen molar-refractivity contribution in [2.75, 3.05) is 6.61 Å². The molecular weight excluding hydrogens is 245 g/mol. The molecule has 7 N–H and O–H groups in total. The molecule has 5 atom stereocenters. The number of hydrogen-bond acceptors (Lipinski definition) is 7. The van der Waals surface area contributed by atoms with Crippen molar-refractivity contribution < 1.29 is 38.9 Å². The van der Waals surface area contributed by atoms with Crippen molar-refractivity contribution in [1.82, 2.24) is 0 Å². The average Bonchev–Trinajstić information content (AvgIpc) is 2.17. The zero-order chi connectivity index (χ0) is 12.5. The Kier molecular flexibility index (Phi) is 4.41. The molecule has 10 heteroatoms. The normalized spacial score (nSPS) is 41.0. The van der Waals surface area contributed by atoms with E-state index in [0.717, 1.165) is 0 Å². The number of aliphatic hydroxyl groups excluding tert-OH is 3. The van der Waals surface area contributed by atoms with Crippen LogP contribution in [0.2, 0.25) is 0 Å². The van der Waals surface area contributed by atoms with Gasteiger partial charge in [0.1, 0.15) is 18.3 Å². The molecule has 0 bridgehead atoms. The average molecular weight is 259 g/mol. The van der Waals surface area contributed by atoms with Crippen molar-refractivity contribution in [3.05, 3.63) is 0 Å². The van der Waals surface area contributed by atoms with E-state index in [1.54, 1.807) is 0 Å². The maximum atomic E-state index is 10.4. The number of hydrogen-bond donors (Lipinski definition) is 6. The molecule has 1 aliphatic rings. The monoisotopic (exact) mass is 259 g/mol. The Balaban J connectivity index is 2.57. The third-order valence-corrected chi connectivity index (χ3v) is 2.66. The van der Waals surface area contributed by atoms with Crippen LogP contribution in [0.1, 0.15) is 0 Å². The fourth-order valence-electron chi connectivity index (χ4n) is 1.28. The van der Waals surface area contributed by atoms with Crippen LogP contribution in [0.3, 0.4) is 0 Å². The quantitative estimate of drug-likeness (QED) is 0.287. The van der Waals surface area contributed by atoms with Crippen LogP contribution in [0.15, 0.2) is 0 Å². The summed E-state index contributed by atoms with van der Waals surface area (Å²) in [5.41, 5.74) is 5.28. The van der Waals surface area contributed by atoms with Gasteiger partial charge < -0.3 is 35.6 Å². The van der Waals surface area contributed by atoms with Crippen molar-refractivity contribution in [3.8, 4) is 0 Å². The molecular formula is C6H14NO8P. The van der Waals surface area contributed by atoms with Crippen molar-refractivity contribution >= 4 is 7.82 Å². The summed E-state index contributed by atoms with van der Waals surface area (Å²) in [7, 11) is -4.70. The van der Waals surface area contributed by atoms with Crippen molar-refractivity contribution in [1.29, 1.82) is 0 Å². The molecule has 0 aromatic rings. The van der Waals surface area contributed by atoms with Gasteiger partial charge in [-0.05, 0) is 0 Å². The van der Waals surface area contributed by atoms with Gasteiger partial charge in [-0.25, -0.2) is 4.57 Å². The number of aliphatic hydroxyl groups is 3. The van der Waals surface area contributed by atoms with Gasteiger partial charge in [0, 0.05) is 0 Å². The minimum atomic E-state index is -4.70. The van der Waals surface area contributed by atoms with Gasteiger partial charge in [0.2, 0.25) is 0 Å². The first kappa shape index (κ1) is 14.0. The van der Waals surface area contributed by atoms with Gasteiger partial charge in [0.05, 0.1) is 12.6 Å². The second-order valence-electron chi connectivity index (χ2n) is 3.41. The van der Waals surface area contributed by atoms with E-state index in [-0.39, 0.29) is 0 Å². The fraction of sp³-hybridized carbons (Fsp3) is 1.00. The Morgan fingerprint density at radius 2 is 1.81 bits per heavy atom. The third-order valence-electron chi connectivity index (χ3n) is 2.18. The number of ether oxygens (including phenoxy) is 1. The first-order chi connectivity index (χ1) is 7.22. The van der Waals surface area contributed by atoms with Gasteiger partial charge in [-0.1, -0.05) is 0 Å². The van der Waals surface area contributed by atoms with E-state index in [4.69, 9.17) is 20.3 Å². The Labute approximate surface area is 90.6 Å². The molecule has 96 valence electrons. The van der Waals surface area contributed by atoms with Crippen LogP contribution >= 0.6 is 7.82 Å². The second-order valence-corrected chi connectivity index (χ2v) is 4.65. The topological polar surface area (TPSA) is 163 Å². The summed E-state index contributed by atoms with van der Waals surface area (Å²) in [5.74, 6) is 0. The summed E-state index contributed by atoms with van der Waals surface area (Å²) in [6, 6.07) is -1.19. The lowest BCUT2D eigenvalue weighted by Crippen LogP contribution is -2.61. The van der Waals surface area contributed by atoms with Crippen molar-refractivity contribution in [2.24, 2.45) is 5.73 Å². The standard InChI is InChI=1S/C6H14NO8P/c7-3-5(9)4(8)2(15-6(3)10)1-14-16(11,12)13/h2-6,8-10H,1,7H2,(H2,11,12,13)/t2-,3+,4-,5-,6-/m1/s1. The van der Waals surface area contributed by atoms with Crippen molar-refractivity contribution in [3.63, 3.8) is 0 Å². The van der Waals surface area contributed by atoms with Crippen LogP contribution in [0.25, 0.3) is 0 Å². The predicted molar refractivity (Wildman–Crippen MR) is 48.9 cm³/mol. The van der Waals surface area contributed by atoms with E-state index < -0.39 is 45.1 Å². The molecule has 1 fully saturated rings. The molecule has 0 aliphatic carbocycles. The van der Waals surface area contributed by atoms with Gasteiger partial charge in [0.15, 0.2) is 6.29 Å². The predicted octanol–water partition coefficient (Wildman–Crippen LogP) is -3.14. The van der Waals surface area contributed by atoms with E-state index >= 15 is 0 Å². The maximum Gasteiger partial charge on any atom is 0.469 e. The highest BCUT2D eigenvalue weighted by Gasteiger charge is 2.42. The maximum absolute atomic E-state index is 10.4. The number of phosphoric ester groups is 1. The van der Waals surface area contributed by atoms with E-state index in [1.807, 2.05) is 0 Å². The molecule has 0 saturated carbocycles. The summed E-state index contributed by atoms with van der Waals surface area (Å²) in [6.45, 7) is -0.674. The first-order valence-electron chi connectivity index (χ1n) is 4.37. The highest BCUT2D eigenvalue weighted by molar-refractivity contribution is 7.46. The molecule has 0 amide bonds. The lowest BCUT2D eigenvalue weighted by molar-refractivity contribution is -0.247. The second kappa shape index (κ2) is 5.05. The summed E-state index contributed by atoms with van der Waals surface area (Å²) < 4.78 is 19.2. The molecule has 0 aromatic heterocycles. The number of rotatable bonds is 3. The molecule has 0 spiro atoms. The van der Waals surface area contributed by atoms with Crippen LogP contribution < -0.4 is 5.73 Å². The number of nitrogens with two attached hydrogens (primary N) is 1. The minimum absolute atomic E-state index is 0.674. The zero-order valence-corrected chi connectivity index (χ0v) is 8.97. The van der Waals surface area contributed by atoms with E-state index in [9.17, 15) is 19.9 Å². The molecule has 16 heavy (non-hydrogen) atoms. The molecule has 0 aromatic carbocycles. The van der Waals surface area contributed by atoms with Gasteiger partial charge in [-0.2, -0.15) is 0 Å². The highest BCUT2D eigenvalue weighted by Crippen LogP contribution is 2.36. The highest BCUT2D eigenvalue weighted by atomic mass is 31.2. The van der Waals surface area contributed by atoms with Gasteiger partial charge in [-0.15, -0.1) is 0 Å². The van der Waals surface area contributed by atoms with Crippen LogP contribution in [0, 0.1) is 0 Å². The van der Waals surface area contributed by atoms with Crippen LogP contribution in [-0.2, 0) is 13.8 Å². The van der Waals surface area contributed by atoms with E-state index in [0.29, 0.717) is 0 Å². The summed E-state index contributed by atoms with van der Waals surface area (Å²) in [5, 5.41) is 28.0. The largest absolute Gasteiger partial charge is 0.469 e. The number of phosphoric acid groups is 1. The van der Waals surface area contributed by atoms with E-state index in [2.05, 4.69) is 4.52 Å². The Bertz CT molecular complexity index is 282. The van der Waals surface area contributed by atoms with Gasteiger partial charge in [-0.3, -0.25) is 4.52 Å². The van der Waals surface area contributed by atoms with Gasteiger partial charge in [0.25, 0.3) is 0 Å². The summed E-state index contributed by atoms with van der Waals surface area (Å²) in [4.78, 5) is 16.8. The zero-order valence-electron chi connectivity index (χ0n) is 8.08. The Hall–Kier alpha value is -0.0900. The van der Waals surface area contributed by atoms with Gasteiger partial charge >= 0.3 is 7.82 Å². The minimum Gasteiger partial charge on any atom is -0.388 e. The SMILES string of the molecule is N[C@H]1[C@@H](O)[C@H](O)[C@@H](COP(=O)(O)O)O[C@H]1O. The Morgan fingerprint density at radius 1 is 1.25 bits per heavy atom. The summed E-state index contributed by atoms with van der Waals surface area (Å²) >= 11 is 0. The summed E-state index contributed by atoms with van der Waals surface area (Å²) in [6.07, 6.45) is -5.76. The van der Waals surface area contributed by atoms with E-state index in [1.165, 1.54) is 0 Å². The third kappa shape index (κ3) is 3.45. The molecule has 9 nitrogen and oxygen atoms in total. The smallest absolute Gasteiger partial charge is 0.388 e. The Morgan fingerprint density at radius 3 is 2.31 bits per heavy atom. The molecule has 1 rings (SSSR count). The van der Waals surface area contributed by atoms with Crippen molar-refractivity contribution in [2.45, 2.75) is 30.6 Å². The molecule has 0 unspecified atom stereocenters. The molecule has 0 radical (unpaired) electrons. The molecule has 1 heterocycles. The molecule has 1 aliphatic heterocycles. The lowest BCUT2D eigenvalue weighted by atomic mass is 9.98. The van der Waals surface area contributed by atoms with Crippen LogP contribution in [0.4, 0.5) is 0 Å². The fourth-order valence-corrected chi connectivity index (χ4v) is 1.62. The molecule has 1 saturated heterocycles. The van der Waals surface area contributed by atoms with Crippen LogP contribution in [-0.4, -0.2) is 62.4 Å². The van der Waals surface area contributed by atoms with Crippen LogP contribution in [0.5, 0.6) is 0 Å².